The number of carbonyl (C=O) groups is 1. The van der Waals surface area contributed by atoms with Crippen LogP contribution in [0.3, 0.4) is 0 Å². The third-order valence-electron chi connectivity index (χ3n) is 4.54. The van der Waals surface area contributed by atoms with Crippen LogP contribution in [0.5, 0.6) is 0 Å². The van der Waals surface area contributed by atoms with E-state index in [0.717, 1.165) is 53.2 Å². The molecule has 2 aromatic carbocycles. The summed E-state index contributed by atoms with van der Waals surface area (Å²) in [7, 11) is 0. The topological polar surface area (TPSA) is 29.5 Å². The van der Waals surface area contributed by atoms with Crippen molar-refractivity contribution in [3.63, 3.8) is 0 Å². The quantitative estimate of drug-likeness (QED) is 0.665. The van der Waals surface area contributed by atoms with E-state index in [1.54, 1.807) is 0 Å². The molecule has 2 aromatic rings. The number of hydrogen-bond acceptors (Lipinski definition) is 2. The van der Waals surface area contributed by atoms with E-state index < -0.39 is 0 Å². The van der Waals surface area contributed by atoms with Crippen molar-refractivity contribution in [1.29, 1.82) is 0 Å². The van der Waals surface area contributed by atoms with Crippen molar-refractivity contribution in [2.45, 2.75) is 19.4 Å². The van der Waals surface area contributed by atoms with E-state index in [9.17, 15) is 4.79 Å². The molecule has 1 fully saturated rings. The summed E-state index contributed by atoms with van der Waals surface area (Å²) in [6.45, 7) is 2.91. The Kier molecular flexibility index (Phi) is 6.51. The van der Waals surface area contributed by atoms with Crippen LogP contribution in [0.1, 0.15) is 28.8 Å². The van der Waals surface area contributed by atoms with Crippen LogP contribution in [0.2, 0.25) is 5.02 Å². The van der Waals surface area contributed by atoms with Gasteiger partial charge >= 0.3 is 0 Å². The average Bonchev–Trinajstić information content (AvgIpc) is 2.64. The maximum absolute atomic E-state index is 12.6. The number of hydrogen-bond donors (Lipinski definition) is 0. The zero-order valence-electron chi connectivity index (χ0n) is 14.0. The Labute approximate surface area is 162 Å². The molecule has 1 heterocycles. The minimum absolute atomic E-state index is 0.105. The Morgan fingerprint density at radius 3 is 2.48 bits per heavy atom. The fourth-order valence-corrected chi connectivity index (χ4v) is 3.61. The standard InChI is InChI=1S/C20H21BrClNO2/c21-19-4-2-1-3-18(19)20(24)23-11-9-16(10-12-23)14-25-13-15-5-7-17(22)8-6-15/h1-8,16H,9-14H2. The van der Waals surface area contributed by atoms with E-state index in [1.807, 2.05) is 53.4 Å². The number of benzene rings is 2. The second-order valence-corrected chi connectivity index (χ2v) is 7.65. The molecule has 0 N–H and O–H groups in total. The normalized spacial score (nSPS) is 15.4. The van der Waals surface area contributed by atoms with Crippen LogP contribution in [0.25, 0.3) is 0 Å². The lowest BCUT2D eigenvalue weighted by Gasteiger charge is -2.32. The van der Waals surface area contributed by atoms with Gasteiger partial charge in [-0.05, 0) is 64.5 Å². The number of likely N-dealkylation sites (tertiary alicyclic amines) is 1. The minimum Gasteiger partial charge on any atom is -0.376 e. The molecule has 0 atom stereocenters. The fraction of sp³-hybridized carbons (Fsp3) is 0.350. The zero-order valence-corrected chi connectivity index (χ0v) is 16.3. The molecular weight excluding hydrogens is 402 g/mol. The van der Waals surface area contributed by atoms with Gasteiger partial charge in [0.15, 0.2) is 0 Å². The molecule has 25 heavy (non-hydrogen) atoms. The van der Waals surface area contributed by atoms with Gasteiger partial charge in [-0.2, -0.15) is 0 Å². The van der Waals surface area contributed by atoms with E-state index in [2.05, 4.69) is 15.9 Å². The number of rotatable bonds is 5. The molecule has 0 radical (unpaired) electrons. The van der Waals surface area contributed by atoms with Crippen LogP contribution in [-0.2, 0) is 11.3 Å². The van der Waals surface area contributed by atoms with Gasteiger partial charge in [0.2, 0.25) is 0 Å². The van der Waals surface area contributed by atoms with Crippen LogP contribution in [0.4, 0.5) is 0 Å². The first-order valence-corrected chi connectivity index (χ1v) is 9.66. The second kappa shape index (κ2) is 8.84. The van der Waals surface area contributed by atoms with Crippen molar-refractivity contribution in [3.05, 3.63) is 69.2 Å². The summed E-state index contributed by atoms with van der Waals surface area (Å²) in [5.41, 5.74) is 1.87. The highest BCUT2D eigenvalue weighted by Gasteiger charge is 2.24. The largest absolute Gasteiger partial charge is 0.376 e. The van der Waals surface area contributed by atoms with Crippen LogP contribution >= 0.6 is 27.5 Å². The van der Waals surface area contributed by atoms with Gasteiger partial charge in [0, 0.05) is 29.2 Å². The molecule has 1 aliphatic rings. The first kappa shape index (κ1) is 18.4. The summed E-state index contributed by atoms with van der Waals surface area (Å²) in [5.74, 6) is 0.614. The summed E-state index contributed by atoms with van der Waals surface area (Å²) in [5, 5.41) is 0.742. The van der Waals surface area contributed by atoms with Crippen molar-refractivity contribution in [1.82, 2.24) is 4.90 Å². The van der Waals surface area contributed by atoms with E-state index >= 15 is 0 Å². The van der Waals surface area contributed by atoms with E-state index in [0.29, 0.717) is 12.5 Å². The first-order chi connectivity index (χ1) is 12.1. The molecule has 0 aliphatic carbocycles. The summed E-state index contributed by atoms with van der Waals surface area (Å²) in [4.78, 5) is 14.5. The van der Waals surface area contributed by atoms with Gasteiger partial charge in [-0.1, -0.05) is 35.9 Å². The fourth-order valence-electron chi connectivity index (χ4n) is 3.03. The molecule has 0 aromatic heterocycles. The maximum Gasteiger partial charge on any atom is 0.254 e. The lowest BCUT2D eigenvalue weighted by Crippen LogP contribution is -2.39. The van der Waals surface area contributed by atoms with Crippen LogP contribution in [-0.4, -0.2) is 30.5 Å². The molecule has 1 aliphatic heterocycles. The third-order valence-corrected chi connectivity index (χ3v) is 5.49. The first-order valence-electron chi connectivity index (χ1n) is 8.49. The molecule has 1 saturated heterocycles. The van der Waals surface area contributed by atoms with E-state index in [1.165, 1.54) is 0 Å². The van der Waals surface area contributed by atoms with Gasteiger partial charge in [-0.25, -0.2) is 0 Å². The number of nitrogens with zero attached hydrogens (tertiary/aromatic N) is 1. The molecular formula is C20H21BrClNO2. The van der Waals surface area contributed by atoms with E-state index in [-0.39, 0.29) is 5.91 Å². The van der Waals surface area contributed by atoms with Gasteiger partial charge in [0.05, 0.1) is 12.2 Å². The highest BCUT2D eigenvalue weighted by atomic mass is 79.9. The summed E-state index contributed by atoms with van der Waals surface area (Å²) in [6, 6.07) is 15.3. The molecule has 3 rings (SSSR count). The Bertz CT molecular complexity index is 712. The molecule has 0 unspecified atom stereocenters. The molecule has 0 bridgehead atoms. The predicted molar refractivity (Wildman–Crippen MR) is 104 cm³/mol. The number of amides is 1. The Morgan fingerprint density at radius 1 is 1.12 bits per heavy atom. The monoisotopic (exact) mass is 421 g/mol. The third kappa shape index (κ3) is 5.06. The van der Waals surface area contributed by atoms with E-state index in [4.69, 9.17) is 16.3 Å². The van der Waals surface area contributed by atoms with Crippen molar-refractivity contribution < 1.29 is 9.53 Å². The molecule has 5 heteroatoms. The molecule has 0 spiro atoms. The Hall–Kier alpha value is -1.36. The lowest BCUT2D eigenvalue weighted by atomic mass is 9.97. The molecule has 1 amide bonds. The maximum atomic E-state index is 12.6. The molecule has 0 saturated carbocycles. The van der Waals surface area contributed by atoms with Crippen LogP contribution < -0.4 is 0 Å². The predicted octanol–water partition coefficient (Wildman–Crippen LogP) is 5.17. The summed E-state index contributed by atoms with van der Waals surface area (Å²) >= 11 is 9.35. The van der Waals surface area contributed by atoms with Crippen LogP contribution in [0, 0.1) is 5.92 Å². The van der Waals surface area contributed by atoms with Gasteiger partial charge in [-0.3, -0.25) is 4.79 Å². The smallest absolute Gasteiger partial charge is 0.254 e. The van der Waals surface area contributed by atoms with Gasteiger partial charge in [0.25, 0.3) is 5.91 Å². The van der Waals surface area contributed by atoms with Crippen molar-refractivity contribution in [2.75, 3.05) is 19.7 Å². The Morgan fingerprint density at radius 2 is 1.80 bits per heavy atom. The number of carbonyl (C=O) groups excluding carboxylic acids is 1. The van der Waals surface area contributed by atoms with Crippen LogP contribution in [0.15, 0.2) is 53.0 Å². The van der Waals surface area contributed by atoms with Crippen molar-refractivity contribution in [3.8, 4) is 0 Å². The number of ether oxygens (including phenoxy) is 1. The molecule has 132 valence electrons. The molecule has 3 nitrogen and oxygen atoms in total. The van der Waals surface area contributed by atoms with Crippen molar-refractivity contribution >= 4 is 33.4 Å². The van der Waals surface area contributed by atoms with Crippen molar-refractivity contribution in [2.24, 2.45) is 5.92 Å². The van der Waals surface area contributed by atoms with Gasteiger partial charge < -0.3 is 9.64 Å². The Balaban J connectivity index is 1.43. The minimum atomic E-state index is 0.105. The zero-order chi connectivity index (χ0) is 17.6. The van der Waals surface area contributed by atoms with Gasteiger partial charge in [-0.15, -0.1) is 0 Å². The lowest BCUT2D eigenvalue weighted by molar-refractivity contribution is 0.0478. The second-order valence-electron chi connectivity index (χ2n) is 6.36. The SMILES string of the molecule is O=C(c1ccccc1Br)N1CCC(COCc2ccc(Cl)cc2)CC1. The van der Waals surface area contributed by atoms with Gasteiger partial charge in [0.1, 0.15) is 0 Å². The number of piperidine rings is 1. The highest BCUT2D eigenvalue weighted by Crippen LogP contribution is 2.23. The summed E-state index contributed by atoms with van der Waals surface area (Å²) in [6.07, 6.45) is 1.97. The average molecular weight is 423 g/mol. The summed E-state index contributed by atoms with van der Waals surface area (Å²) < 4.78 is 6.70. The highest BCUT2D eigenvalue weighted by molar-refractivity contribution is 9.10. The number of halogens is 2.